The van der Waals surface area contributed by atoms with Crippen molar-refractivity contribution in [3.63, 3.8) is 0 Å². The Hall–Kier alpha value is -0.610. The van der Waals surface area contributed by atoms with Crippen molar-refractivity contribution in [1.29, 1.82) is 0 Å². The van der Waals surface area contributed by atoms with Crippen LogP contribution in [0.15, 0.2) is 0 Å². The molecule has 0 radical (unpaired) electrons. The summed E-state index contributed by atoms with van der Waals surface area (Å²) in [6, 6.07) is 0. The first-order valence-electron chi connectivity index (χ1n) is 6.78. The van der Waals surface area contributed by atoms with Crippen LogP contribution in [0, 0.1) is 0 Å². The summed E-state index contributed by atoms with van der Waals surface area (Å²) in [5.41, 5.74) is 0. The highest BCUT2D eigenvalue weighted by molar-refractivity contribution is 5.78. The number of hydrogen-bond acceptors (Lipinski definition) is 3. The Labute approximate surface area is 105 Å². The van der Waals surface area contributed by atoms with Crippen molar-refractivity contribution in [3.05, 3.63) is 0 Å². The number of likely N-dealkylation sites (tertiary alicyclic amines) is 1. The minimum atomic E-state index is 0.214. The number of ether oxygens (including phenoxy) is 1. The lowest BCUT2D eigenvalue weighted by Crippen LogP contribution is -2.38. The highest BCUT2D eigenvalue weighted by atomic mass is 16.5. The van der Waals surface area contributed by atoms with Gasteiger partial charge in [-0.3, -0.25) is 9.69 Å². The van der Waals surface area contributed by atoms with Crippen molar-refractivity contribution in [1.82, 2.24) is 9.80 Å². The van der Waals surface area contributed by atoms with Crippen molar-refractivity contribution in [2.24, 2.45) is 0 Å². The average Bonchev–Trinajstić information content (AvgIpc) is 2.81. The lowest BCUT2D eigenvalue weighted by Gasteiger charge is -2.21. The van der Waals surface area contributed by atoms with E-state index in [1.807, 2.05) is 7.05 Å². The normalized spacial score (nSPS) is 16.4. The predicted molar refractivity (Wildman–Crippen MR) is 69.0 cm³/mol. The van der Waals surface area contributed by atoms with Crippen LogP contribution in [-0.4, -0.2) is 62.1 Å². The van der Waals surface area contributed by atoms with E-state index in [4.69, 9.17) is 4.74 Å². The molecule has 1 heterocycles. The third kappa shape index (κ3) is 6.03. The zero-order valence-electron chi connectivity index (χ0n) is 11.3. The van der Waals surface area contributed by atoms with E-state index in [1.54, 1.807) is 4.90 Å². The molecule has 0 N–H and O–H groups in total. The van der Waals surface area contributed by atoms with Crippen LogP contribution in [0.25, 0.3) is 0 Å². The molecule has 100 valence electrons. The predicted octanol–water partition coefficient (Wildman–Crippen LogP) is 1.36. The topological polar surface area (TPSA) is 32.8 Å². The van der Waals surface area contributed by atoms with Crippen LogP contribution in [0.1, 0.15) is 32.6 Å². The molecule has 0 aromatic heterocycles. The molecule has 1 rings (SSSR count). The summed E-state index contributed by atoms with van der Waals surface area (Å²) in [4.78, 5) is 15.9. The van der Waals surface area contributed by atoms with E-state index < -0.39 is 0 Å². The van der Waals surface area contributed by atoms with Gasteiger partial charge in [0.1, 0.15) is 0 Å². The fourth-order valence-corrected chi connectivity index (χ4v) is 1.93. The summed E-state index contributed by atoms with van der Waals surface area (Å²) in [5, 5.41) is 0. The molecule has 1 fully saturated rings. The molecule has 0 unspecified atom stereocenters. The Morgan fingerprint density at radius 3 is 2.65 bits per heavy atom. The van der Waals surface area contributed by atoms with Gasteiger partial charge in [-0.25, -0.2) is 0 Å². The zero-order valence-corrected chi connectivity index (χ0v) is 11.3. The van der Waals surface area contributed by atoms with Crippen molar-refractivity contribution < 1.29 is 9.53 Å². The van der Waals surface area contributed by atoms with E-state index in [1.165, 1.54) is 12.8 Å². The van der Waals surface area contributed by atoms with Gasteiger partial charge in [-0.05, 0) is 32.4 Å². The third-order valence-corrected chi connectivity index (χ3v) is 3.20. The maximum atomic E-state index is 11.8. The van der Waals surface area contributed by atoms with Crippen LogP contribution < -0.4 is 0 Å². The second-order valence-electron chi connectivity index (χ2n) is 4.76. The molecule has 0 bridgehead atoms. The molecular formula is C13H26N2O2. The molecule has 0 atom stereocenters. The lowest BCUT2D eigenvalue weighted by atomic mass is 10.4. The number of rotatable bonds is 8. The van der Waals surface area contributed by atoms with E-state index in [9.17, 15) is 4.79 Å². The Bertz CT molecular complexity index is 215. The first-order valence-corrected chi connectivity index (χ1v) is 6.78. The molecule has 1 amide bonds. The van der Waals surface area contributed by atoms with Crippen molar-refractivity contribution in [3.8, 4) is 0 Å². The maximum Gasteiger partial charge on any atom is 0.236 e. The van der Waals surface area contributed by atoms with Gasteiger partial charge < -0.3 is 9.64 Å². The first kappa shape index (κ1) is 14.5. The van der Waals surface area contributed by atoms with Crippen molar-refractivity contribution in [2.45, 2.75) is 32.6 Å². The van der Waals surface area contributed by atoms with E-state index in [0.717, 1.165) is 32.5 Å². The number of hydrogen-bond donors (Lipinski definition) is 0. The first-order chi connectivity index (χ1) is 8.24. The standard InChI is InChI=1S/C13H26N2O2/c1-3-4-10-17-11-9-14(2)13(16)12-15-7-5-6-8-15/h3-12H2,1-2H3. The number of nitrogens with zero attached hydrogens (tertiary/aromatic N) is 2. The smallest absolute Gasteiger partial charge is 0.236 e. The van der Waals surface area contributed by atoms with Crippen LogP contribution in [0.3, 0.4) is 0 Å². The van der Waals surface area contributed by atoms with Gasteiger partial charge in [-0.15, -0.1) is 0 Å². The minimum absolute atomic E-state index is 0.214. The van der Waals surface area contributed by atoms with Gasteiger partial charge in [0.25, 0.3) is 0 Å². The Morgan fingerprint density at radius 1 is 1.29 bits per heavy atom. The summed E-state index contributed by atoms with van der Waals surface area (Å²) in [7, 11) is 1.86. The van der Waals surface area contributed by atoms with E-state index in [-0.39, 0.29) is 5.91 Å². The highest BCUT2D eigenvalue weighted by Gasteiger charge is 2.17. The Kier molecular flexibility index (Phi) is 7.21. The number of amides is 1. The second kappa shape index (κ2) is 8.48. The molecule has 4 heteroatoms. The van der Waals surface area contributed by atoms with Gasteiger partial charge in [0.2, 0.25) is 5.91 Å². The number of carbonyl (C=O) groups is 1. The molecule has 0 aromatic carbocycles. The average molecular weight is 242 g/mol. The van der Waals surface area contributed by atoms with Gasteiger partial charge in [0.05, 0.1) is 13.2 Å². The molecule has 0 aromatic rings. The molecule has 0 saturated carbocycles. The van der Waals surface area contributed by atoms with Gasteiger partial charge in [0, 0.05) is 20.2 Å². The highest BCUT2D eigenvalue weighted by Crippen LogP contribution is 2.06. The number of likely N-dealkylation sites (N-methyl/N-ethyl adjacent to an activating group) is 1. The molecule has 1 saturated heterocycles. The monoisotopic (exact) mass is 242 g/mol. The largest absolute Gasteiger partial charge is 0.380 e. The summed E-state index contributed by atoms with van der Waals surface area (Å²) < 4.78 is 5.46. The molecule has 17 heavy (non-hydrogen) atoms. The molecular weight excluding hydrogens is 216 g/mol. The quantitative estimate of drug-likeness (QED) is 0.602. The maximum absolute atomic E-state index is 11.8. The number of carbonyl (C=O) groups excluding carboxylic acids is 1. The molecule has 1 aliphatic heterocycles. The van der Waals surface area contributed by atoms with Crippen LogP contribution in [0.5, 0.6) is 0 Å². The third-order valence-electron chi connectivity index (χ3n) is 3.20. The summed E-state index contributed by atoms with van der Waals surface area (Å²) in [6.07, 6.45) is 4.73. The minimum Gasteiger partial charge on any atom is -0.380 e. The Morgan fingerprint density at radius 2 is 2.00 bits per heavy atom. The summed E-state index contributed by atoms with van der Waals surface area (Å²) in [6.45, 7) is 7.04. The van der Waals surface area contributed by atoms with Gasteiger partial charge in [-0.2, -0.15) is 0 Å². The van der Waals surface area contributed by atoms with E-state index >= 15 is 0 Å². The zero-order chi connectivity index (χ0) is 12.5. The van der Waals surface area contributed by atoms with Crippen LogP contribution in [0.2, 0.25) is 0 Å². The SMILES string of the molecule is CCCCOCCN(C)C(=O)CN1CCCC1. The molecule has 4 nitrogen and oxygen atoms in total. The van der Waals surface area contributed by atoms with E-state index in [0.29, 0.717) is 19.7 Å². The number of unbranched alkanes of at least 4 members (excludes halogenated alkanes) is 1. The Balaban J connectivity index is 2.05. The summed E-state index contributed by atoms with van der Waals surface area (Å²) in [5.74, 6) is 0.214. The van der Waals surface area contributed by atoms with Gasteiger partial charge in [0.15, 0.2) is 0 Å². The molecule has 0 spiro atoms. The fourth-order valence-electron chi connectivity index (χ4n) is 1.93. The lowest BCUT2D eigenvalue weighted by molar-refractivity contribution is -0.131. The van der Waals surface area contributed by atoms with Crippen LogP contribution in [0.4, 0.5) is 0 Å². The second-order valence-corrected chi connectivity index (χ2v) is 4.76. The van der Waals surface area contributed by atoms with E-state index in [2.05, 4.69) is 11.8 Å². The summed E-state index contributed by atoms with van der Waals surface area (Å²) >= 11 is 0. The van der Waals surface area contributed by atoms with Crippen molar-refractivity contribution in [2.75, 3.05) is 46.4 Å². The van der Waals surface area contributed by atoms with Gasteiger partial charge >= 0.3 is 0 Å². The van der Waals surface area contributed by atoms with Crippen molar-refractivity contribution >= 4 is 5.91 Å². The van der Waals surface area contributed by atoms with Gasteiger partial charge in [-0.1, -0.05) is 13.3 Å². The molecule has 0 aliphatic carbocycles. The molecule has 1 aliphatic rings. The van der Waals surface area contributed by atoms with Crippen LogP contribution >= 0.6 is 0 Å². The fraction of sp³-hybridized carbons (Fsp3) is 0.923. The van der Waals surface area contributed by atoms with Crippen LogP contribution in [-0.2, 0) is 9.53 Å².